The molecule has 78 valence electrons. The Balaban J connectivity index is 2.30. The Bertz CT molecular complexity index is 151. The predicted octanol–water partition coefficient (Wildman–Crippen LogP) is 3.19. The third-order valence-corrected chi connectivity index (χ3v) is 2.12. The molecule has 0 aromatic heterocycles. The molecule has 1 aliphatic carbocycles. The first-order chi connectivity index (χ1) is 6.00. The molecular formula is C8H12F4O. The molecule has 0 aromatic rings. The maximum absolute atomic E-state index is 12.3. The maximum Gasteiger partial charge on any atom is 0.445 e. The first-order valence-electron chi connectivity index (χ1n) is 4.36. The molecule has 1 nitrogen and oxygen atoms in total. The van der Waals surface area contributed by atoms with Gasteiger partial charge in [0.2, 0.25) is 0 Å². The average molecular weight is 200 g/mol. The van der Waals surface area contributed by atoms with Crippen molar-refractivity contribution in [1.82, 2.24) is 0 Å². The summed E-state index contributed by atoms with van der Waals surface area (Å²) in [6.07, 6.45) is -4.81. The minimum Gasteiger partial charge on any atom is -0.338 e. The van der Waals surface area contributed by atoms with E-state index in [1.54, 1.807) is 0 Å². The van der Waals surface area contributed by atoms with Crippen molar-refractivity contribution in [3.05, 3.63) is 0 Å². The maximum atomic E-state index is 12.3. The van der Waals surface area contributed by atoms with Gasteiger partial charge in [-0.15, -0.1) is 0 Å². The van der Waals surface area contributed by atoms with E-state index < -0.39 is 18.6 Å². The van der Waals surface area contributed by atoms with Gasteiger partial charge in [0.05, 0.1) is 6.10 Å². The van der Waals surface area contributed by atoms with E-state index in [1.165, 1.54) is 0 Å². The first kappa shape index (κ1) is 10.8. The second-order valence-corrected chi connectivity index (χ2v) is 3.25. The van der Waals surface area contributed by atoms with E-state index in [-0.39, 0.29) is 0 Å². The Labute approximate surface area is 74.1 Å². The molecule has 0 aromatic carbocycles. The van der Waals surface area contributed by atoms with Crippen molar-refractivity contribution >= 4 is 0 Å². The van der Waals surface area contributed by atoms with Crippen LogP contribution < -0.4 is 0 Å². The SMILES string of the molecule is FC(OC1CCCCC1)C(F)(F)F. The highest BCUT2D eigenvalue weighted by Gasteiger charge is 2.42. The third-order valence-electron chi connectivity index (χ3n) is 2.12. The van der Waals surface area contributed by atoms with Crippen molar-refractivity contribution in [1.29, 1.82) is 0 Å². The lowest BCUT2D eigenvalue weighted by Crippen LogP contribution is -2.32. The van der Waals surface area contributed by atoms with Gasteiger partial charge in [0.25, 0.3) is 6.36 Å². The van der Waals surface area contributed by atoms with Crippen molar-refractivity contribution in [2.24, 2.45) is 0 Å². The lowest BCUT2D eigenvalue weighted by molar-refractivity contribution is -0.279. The van der Waals surface area contributed by atoms with E-state index in [4.69, 9.17) is 0 Å². The topological polar surface area (TPSA) is 9.23 Å². The molecular weight excluding hydrogens is 188 g/mol. The van der Waals surface area contributed by atoms with Gasteiger partial charge in [0.1, 0.15) is 0 Å². The van der Waals surface area contributed by atoms with Crippen molar-refractivity contribution in [2.75, 3.05) is 0 Å². The van der Waals surface area contributed by atoms with E-state index in [0.29, 0.717) is 12.8 Å². The number of halogens is 4. The highest BCUT2D eigenvalue weighted by atomic mass is 19.4. The van der Waals surface area contributed by atoms with Crippen LogP contribution in [0.5, 0.6) is 0 Å². The minimum atomic E-state index is -4.88. The summed E-state index contributed by atoms with van der Waals surface area (Å²) in [4.78, 5) is 0. The van der Waals surface area contributed by atoms with Crippen LogP contribution in [0.15, 0.2) is 0 Å². The van der Waals surface area contributed by atoms with Gasteiger partial charge < -0.3 is 4.74 Å². The molecule has 13 heavy (non-hydrogen) atoms. The summed E-state index contributed by atoms with van der Waals surface area (Å²) >= 11 is 0. The third kappa shape index (κ3) is 3.50. The van der Waals surface area contributed by atoms with Crippen LogP contribution in [0.25, 0.3) is 0 Å². The monoisotopic (exact) mass is 200 g/mol. The number of ether oxygens (including phenoxy) is 1. The lowest BCUT2D eigenvalue weighted by atomic mass is 9.98. The standard InChI is InChI=1S/C8H12F4O/c9-7(8(10,11)12)13-6-4-2-1-3-5-6/h6-7H,1-5H2. The van der Waals surface area contributed by atoms with Crippen LogP contribution in [0.2, 0.25) is 0 Å². The molecule has 0 aliphatic heterocycles. The van der Waals surface area contributed by atoms with Crippen LogP contribution in [-0.2, 0) is 4.74 Å². The number of rotatable bonds is 2. The second kappa shape index (κ2) is 4.26. The van der Waals surface area contributed by atoms with Gasteiger partial charge in [-0.1, -0.05) is 19.3 Å². The number of hydrogen-bond acceptors (Lipinski definition) is 1. The smallest absolute Gasteiger partial charge is 0.338 e. The zero-order chi connectivity index (χ0) is 9.90. The van der Waals surface area contributed by atoms with E-state index in [2.05, 4.69) is 4.74 Å². The van der Waals surface area contributed by atoms with Gasteiger partial charge in [-0.3, -0.25) is 0 Å². The second-order valence-electron chi connectivity index (χ2n) is 3.25. The molecule has 1 rings (SSSR count). The molecule has 1 unspecified atom stereocenters. The normalized spacial score (nSPS) is 23.1. The zero-order valence-corrected chi connectivity index (χ0v) is 7.11. The Morgan fingerprint density at radius 2 is 1.62 bits per heavy atom. The fourth-order valence-electron chi connectivity index (χ4n) is 1.45. The quantitative estimate of drug-likeness (QED) is 0.622. The number of hydrogen-bond donors (Lipinski definition) is 0. The van der Waals surface area contributed by atoms with Crippen molar-refractivity contribution in [2.45, 2.75) is 50.7 Å². The Morgan fingerprint density at radius 3 is 2.08 bits per heavy atom. The molecule has 5 heteroatoms. The predicted molar refractivity (Wildman–Crippen MR) is 38.9 cm³/mol. The van der Waals surface area contributed by atoms with Gasteiger partial charge in [0, 0.05) is 0 Å². The van der Waals surface area contributed by atoms with E-state index in [0.717, 1.165) is 19.3 Å². The van der Waals surface area contributed by atoms with Crippen molar-refractivity contribution in [3.63, 3.8) is 0 Å². The molecule has 0 bridgehead atoms. The summed E-state index contributed by atoms with van der Waals surface area (Å²) in [5, 5.41) is 0. The van der Waals surface area contributed by atoms with E-state index in [1.807, 2.05) is 0 Å². The minimum absolute atomic E-state index is 0.538. The summed E-state index contributed by atoms with van der Waals surface area (Å²) in [5.74, 6) is 0. The Kier molecular flexibility index (Phi) is 3.53. The van der Waals surface area contributed by atoms with Gasteiger partial charge in [-0.05, 0) is 12.8 Å². The molecule has 0 heterocycles. The highest BCUT2D eigenvalue weighted by molar-refractivity contribution is 4.67. The Hall–Kier alpha value is -0.320. The summed E-state index contributed by atoms with van der Waals surface area (Å²) in [5.41, 5.74) is 0. The molecule has 1 fully saturated rings. The number of alkyl halides is 4. The molecule has 1 saturated carbocycles. The summed E-state index contributed by atoms with van der Waals surface area (Å²) in [6.45, 7) is 0. The van der Waals surface area contributed by atoms with Gasteiger partial charge in [0.15, 0.2) is 0 Å². The molecule has 1 aliphatic rings. The zero-order valence-electron chi connectivity index (χ0n) is 7.11. The van der Waals surface area contributed by atoms with Crippen LogP contribution >= 0.6 is 0 Å². The van der Waals surface area contributed by atoms with Crippen molar-refractivity contribution in [3.8, 4) is 0 Å². The summed E-state index contributed by atoms with van der Waals surface area (Å²) in [7, 11) is 0. The fourth-order valence-corrected chi connectivity index (χ4v) is 1.45. The lowest BCUT2D eigenvalue weighted by Gasteiger charge is -2.24. The molecule has 0 spiro atoms. The molecule has 1 atom stereocenters. The molecule has 0 saturated heterocycles. The van der Waals surface area contributed by atoms with Crippen LogP contribution in [0.1, 0.15) is 32.1 Å². The van der Waals surface area contributed by atoms with Crippen molar-refractivity contribution < 1.29 is 22.3 Å². The summed E-state index contributed by atoms with van der Waals surface area (Å²) in [6, 6.07) is 0. The van der Waals surface area contributed by atoms with Gasteiger partial charge in [-0.25, -0.2) is 4.39 Å². The van der Waals surface area contributed by atoms with E-state index >= 15 is 0 Å². The first-order valence-corrected chi connectivity index (χ1v) is 4.36. The largest absolute Gasteiger partial charge is 0.445 e. The van der Waals surface area contributed by atoms with E-state index in [9.17, 15) is 17.6 Å². The van der Waals surface area contributed by atoms with Crippen LogP contribution in [-0.4, -0.2) is 18.6 Å². The molecule has 0 radical (unpaired) electrons. The van der Waals surface area contributed by atoms with Gasteiger partial charge in [-0.2, -0.15) is 13.2 Å². The molecule has 0 N–H and O–H groups in total. The Morgan fingerprint density at radius 1 is 1.08 bits per heavy atom. The summed E-state index contributed by atoms with van der Waals surface area (Å²) < 4.78 is 51.7. The average Bonchev–Trinajstić information content (AvgIpc) is 2.04. The molecule has 0 amide bonds. The fraction of sp³-hybridized carbons (Fsp3) is 1.00. The van der Waals surface area contributed by atoms with Crippen LogP contribution in [0, 0.1) is 0 Å². The van der Waals surface area contributed by atoms with Crippen LogP contribution in [0.4, 0.5) is 17.6 Å². The van der Waals surface area contributed by atoms with Crippen LogP contribution in [0.3, 0.4) is 0 Å². The van der Waals surface area contributed by atoms with Gasteiger partial charge >= 0.3 is 6.18 Å². The highest BCUT2D eigenvalue weighted by Crippen LogP contribution is 2.28.